The smallest absolute Gasteiger partial charge is 0.190 e. The molecule has 94 valence electrons. The van der Waals surface area contributed by atoms with E-state index in [0.29, 0.717) is 35.9 Å². The Labute approximate surface area is 106 Å². The summed E-state index contributed by atoms with van der Waals surface area (Å²) in [7, 11) is 0. The van der Waals surface area contributed by atoms with Gasteiger partial charge in [-0.3, -0.25) is 4.79 Å². The summed E-state index contributed by atoms with van der Waals surface area (Å²) in [5, 5.41) is 12.2. The van der Waals surface area contributed by atoms with Crippen LogP contribution >= 0.6 is 0 Å². The van der Waals surface area contributed by atoms with E-state index in [1.165, 1.54) is 4.52 Å². The van der Waals surface area contributed by atoms with Gasteiger partial charge < -0.3 is 9.47 Å². The van der Waals surface area contributed by atoms with Crippen molar-refractivity contribution in [3.05, 3.63) is 23.8 Å². The molecule has 1 aliphatic heterocycles. The Morgan fingerprint density at radius 1 is 1.16 bits per heavy atom. The number of ether oxygens (including phenoxy) is 2. The molecule has 0 amide bonds. The van der Waals surface area contributed by atoms with Crippen molar-refractivity contribution in [3.8, 4) is 11.5 Å². The lowest BCUT2D eigenvalue weighted by Crippen LogP contribution is -2.15. The molecule has 7 nitrogen and oxygen atoms in total. The highest BCUT2D eigenvalue weighted by molar-refractivity contribution is 5.94. The van der Waals surface area contributed by atoms with E-state index in [-0.39, 0.29) is 0 Å². The molecule has 0 saturated carbocycles. The number of hydrogen-bond acceptors (Lipinski definition) is 6. The van der Waals surface area contributed by atoms with Gasteiger partial charge in [0.2, 0.25) is 0 Å². The standard InChI is InChI=1S/C12H8N4O3/c17-6-8-3-7-4-10-11(19-2-1-18-10)5-9(7)16-12(8)13-14-15-16/h3-6H,1-2H2. The summed E-state index contributed by atoms with van der Waals surface area (Å²) in [6.07, 6.45) is 0.738. The van der Waals surface area contributed by atoms with Crippen LogP contribution in [0.25, 0.3) is 16.6 Å². The number of aldehydes is 1. The first kappa shape index (κ1) is 10.2. The number of carbonyl (C=O) groups excluding carboxylic acids is 1. The molecule has 0 radical (unpaired) electrons. The van der Waals surface area contributed by atoms with Crippen molar-refractivity contribution < 1.29 is 14.3 Å². The highest BCUT2D eigenvalue weighted by Gasteiger charge is 2.16. The molecule has 0 atom stereocenters. The van der Waals surface area contributed by atoms with Crippen molar-refractivity contribution in [2.24, 2.45) is 0 Å². The van der Waals surface area contributed by atoms with Gasteiger partial charge in [-0.2, -0.15) is 4.52 Å². The van der Waals surface area contributed by atoms with Crippen molar-refractivity contribution in [1.82, 2.24) is 20.0 Å². The molecule has 7 heteroatoms. The monoisotopic (exact) mass is 256 g/mol. The molecule has 0 bridgehead atoms. The van der Waals surface area contributed by atoms with Gasteiger partial charge in [-0.15, -0.1) is 5.10 Å². The van der Waals surface area contributed by atoms with Crippen LogP contribution in [0, 0.1) is 0 Å². The van der Waals surface area contributed by atoms with Crippen LogP contribution in [0.2, 0.25) is 0 Å². The molecular formula is C12H8N4O3. The first-order chi connectivity index (χ1) is 9.36. The maximum atomic E-state index is 11.1. The zero-order valence-corrected chi connectivity index (χ0v) is 9.74. The number of carbonyl (C=O) groups is 1. The number of hydrogen-bond donors (Lipinski definition) is 0. The minimum absolute atomic E-state index is 0.430. The third-order valence-electron chi connectivity index (χ3n) is 3.09. The predicted octanol–water partition coefficient (Wildman–Crippen LogP) is 0.861. The summed E-state index contributed by atoms with van der Waals surface area (Å²) in [6, 6.07) is 5.39. The Morgan fingerprint density at radius 2 is 1.95 bits per heavy atom. The molecule has 0 unspecified atom stereocenters. The molecular weight excluding hydrogens is 248 g/mol. The fourth-order valence-corrected chi connectivity index (χ4v) is 2.24. The van der Waals surface area contributed by atoms with Crippen LogP contribution in [-0.2, 0) is 0 Å². The molecule has 19 heavy (non-hydrogen) atoms. The summed E-state index contributed by atoms with van der Waals surface area (Å²) in [6.45, 7) is 1.04. The largest absolute Gasteiger partial charge is 0.486 e. The number of nitrogens with zero attached hydrogens (tertiary/aromatic N) is 4. The summed E-state index contributed by atoms with van der Waals surface area (Å²) < 4.78 is 12.6. The molecule has 1 aliphatic rings. The Hall–Kier alpha value is -2.70. The maximum Gasteiger partial charge on any atom is 0.190 e. The van der Waals surface area contributed by atoms with Crippen LogP contribution in [0.5, 0.6) is 11.5 Å². The van der Waals surface area contributed by atoms with Gasteiger partial charge in [0.15, 0.2) is 23.4 Å². The van der Waals surface area contributed by atoms with Crippen molar-refractivity contribution >= 4 is 22.8 Å². The van der Waals surface area contributed by atoms with Gasteiger partial charge in [-0.05, 0) is 22.6 Å². The lowest BCUT2D eigenvalue weighted by molar-refractivity contribution is 0.112. The fraction of sp³-hybridized carbons (Fsp3) is 0.167. The van der Waals surface area contributed by atoms with Crippen molar-refractivity contribution in [3.63, 3.8) is 0 Å². The van der Waals surface area contributed by atoms with Crippen LogP contribution in [0.1, 0.15) is 10.4 Å². The number of tetrazole rings is 1. The quantitative estimate of drug-likeness (QED) is 0.601. The van der Waals surface area contributed by atoms with Gasteiger partial charge in [0.25, 0.3) is 0 Å². The normalized spacial score (nSPS) is 13.9. The van der Waals surface area contributed by atoms with E-state index >= 15 is 0 Å². The van der Waals surface area contributed by atoms with Gasteiger partial charge in [-0.25, -0.2) is 0 Å². The van der Waals surface area contributed by atoms with E-state index in [9.17, 15) is 4.79 Å². The number of fused-ring (bicyclic) bond motifs is 4. The molecule has 4 rings (SSSR count). The van der Waals surface area contributed by atoms with E-state index in [4.69, 9.17) is 9.47 Å². The number of rotatable bonds is 1. The lowest BCUT2D eigenvalue weighted by Gasteiger charge is -2.18. The van der Waals surface area contributed by atoms with Crippen molar-refractivity contribution in [1.29, 1.82) is 0 Å². The molecule has 3 aromatic rings. The van der Waals surface area contributed by atoms with Crippen LogP contribution in [0.4, 0.5) is 0 Å². The Kier molecular flexibility index (Phi) is 1.96. The molecule has 2 aromatic heterocycles. The second-order valence-electron chi connectivity index (χ2n) is 4.19. The van der Waals surface area contributed by atoms with Crippen LogP contribution < -0.4 is 9.47 Å². The first-order valence-corrected chi connectivity index (χ1v) is 5.76. The SMILES string of the molecule is O=Cc1cc2cc3c(cc2n2nnnc12)OCCO3. The van der Waals surface area contributed by atoms with E-state index in [1.807, 2.05) is 12.1 Å². The van der Waals surface area contributed by atoms with Crippen molar-refractivity contribution in [2.75, 3.05) is 13.2 Å². The van der Waals surface area contributed by atoms with E-state index in [2.05, 4.69) is 15.5 Å². The highest BCUT2D eigenvalue weighted by atomic mass is 16.6. The highest BCUT2D eigenvalue weighted by Crippen LogP contribution is 2.34. The third kappa shape index (κ3) is 1.38. The maximum absolute atomic E-state index is 11.1. The molecule has 1 aromatic carbocycles. The Morgan fingerprint density at radius 3 is 2.74 bits per heavy atom. The molecule has 0 N–H and O–H groups in total. The van der Waals surface area contributed by atoms with Crippen LogP contribution in [-0.4, -0.2) is 39.5 Å². The topological polar surface area (TPSA) is 78.6 Å². The van der Waals surface area contributed by atoms with Crippen LogP contribution in [0.15, 0.2) is 18.2 Å². The molecule has 0 saturated heterocycles. The summed E-state index contributed by atoms with van der Waals surface area (Å²) in [4.78, 5) is 11.1. The number of pyridine rings is 1. The second-order valence-corrected chi connectivity index (χ2v) is 4.19. The van der Waals surface area contributed by atoms with Gasteiger partial charge in [0.05, 0.1) is 11.1 Å². The van der Waals surface area contributed by atoms with Crippen LogP contribution in [0.3, 0.4) is 0 Å². The molecule has 3 heterocycles. The second kappa shape index (κ2) is 3.64. The van der Waals surface area contributed by atoms with E-state index in [1.54, 1.807) is 6.07 Å². The zero-order chi connectivity index (χ0) is 12.8. The van der Waals surface area contributed by atoms with Gasteiger partial charge in [0.1, 0.15) is 13.2 Å². The average molecular weight is 256 g/mol. The van der Waals surface area contributed by atoms with E-state index in [0.717, 1.165) is 17.2 Å². The third-order valence-corrected chi connectivity index (χ3v) is 3.09. The van der Waals surface area contributed by atoms with Crippen molar-refractivity contribution in [2.45, 2.75) is 0 Å². The minimum atomic E-state index is 0.430. The average Bonchev–Trinajstić information content (AvgIpc) is 2.94. The van der Waals surface area contributed by atoms with E-state index < -0.39 is 0 Å². The van der Waals surface area contributed by atoms with Gasteiger partial charge >= 0.3 is 0 Å². The summed E-state index contributed by atoms with van der Waals surface area (Å²) >= 11 is 0. The van der Waals surface area contributed by atoms with Gasteiger partial charge in [-0.1, -0.05) is 0 Å². The Balaban J connectivity index is 2.14. The Bertz CT molecular complexity index is 811. The minimum Gasteiger partial charge on any atom is -0.486 e. The lowest BCUT2D eigenvalue weighted by atomic mass is 10.1. The first-order valence-electron chi connectivity index (χ1n) is 5.76. The summed E-state index contributed by atoms with van der Waals surface area (Å²) in [5.74, 6) is 1.33. The molecule has 0 fully saturated rings. The zero-order valence-electron chi connectivity index (χ0n) is 9.74. The molecule has 0 aliphatic carbocycles. The number of aromatic nitrogens is 4. The number of benzene rings is 1. The fourth-order valence-electron chi connectivity index (χ4n) is 2.24. The predicted molar refractivity (Wildman–Crippen MR) is 64.7 cm³/mol. The molecule has 0 spiro atoms. The summed E-state index contributed by atoms with van der Waals surface area (Å²) in [5.41, 5.74) is 1.64. The van der Waals surface area contributed by atoms with Gasteiger partial charge in [0, 0.05) is 11.5 Å².